The summed E-state index contributed by atoms with van der Waals surface area (Å²) in [5.74, 6) is 0.920. The third-order valence-electron chi connectivity index (χ3n) is 5.22. The van der Waals surface area contributed by atoms with E-state index in [4.69, 9.17) is 4.74 Å². The first kappa shape index (κ1) is 18.5. The molecular weight excluding hydrogens is 359 g/mol. The van der Waals surface area contributed by atoms with Crippen LogP contribution in [0.5, 0.6) is 5.75 Å². The fraction of sp³-hybridized carbons (Fsp3) is 0.0769. The van der Waals surface area contributed by atoms with E-state index in [1.54, 1.807) is 0 Å². The second-order valence-electron chi connectivity index (χ2n) is 6.81. The van der Waals surface area contributed by atoms with E-state index < -0.39 is 7.26 Å². The molecule has 0 bridgehead atoms. The predicted molar refractivity (Wildman–Crippen MR) is 124 cm³/mol. The summed E-state index contributed by atoms with van der Waals surface area (Å²) in [7, 11) is -2.40. The Morgan fingerprint density at radius 1 is 0.500 bits per heavy atom. The van der Waals surface area contributed by atoms with E-state index in [1.807, 2.05) is 6.92 Å². The first-order valence-electron chi connectivity index (χ1n) is 9.75. The molecule has 0 saturated heterocycles. The first-order chi connectivity index (χ1) is 13.9. The van der Waals surface area contributed by atoms with Gasteiger partial charge in [-0.1, -0.05) is 0 Å². The molecule has 140 valence electrons. The predicted octanol–water partition coefficient (Wildman–Crippen LogP) is 4.44. The Hall–Kier alpha value is -2.89. The molecule has 4 aromatic carbocycles. The van der Waals surface area contributed by atoms with E-state index in [-0.39, 0.29) is 0 Å². The Bertz CT molecular complexity index is 900. The van der Waals surface area contributed by atoms with Crippen LogP contribution >= 0.6 is 7.26 Å². The topological polar surface area (TPSA) is 9.23 Å². The van der Waals surface area contributed by atoms with E-state index in [2.05, 4.69) is 115 Å². The van der Waals surface area contributed by atoms with Crippen molar-refractivity contribution in [3.8, 4) is 5.75 Å². The molecule has 1 nitrogen and oxygen atoms in total. The van der Waals surface area contributed by atoms with Gasteiger partial charge in [-0.3, -0.25) is 0 Å². The van der Waals surface area contributed by atoms with Gasteiger partial charge in [-0.25, -0.2) is 0 Å². The van der Waals surface area contributed by atoms with Gasteiger partial charge in [0.05, 0.1) is 0 Å². The number of hydrogen-bond acceptors (Lipinski definition) is 1. The standard InChI is InChI=1S/C26H25OP/c1-2-27-22-18-20-26(21-19-22)28(23-12-6-3-7-13-23,24-14-8-4-9-15-24)25-16-10-5-11-17-25/h3-21,28H,2H2,1H3. The zero-order valence-corrected chi connectivity index (χ0v) is 17.1. The molecule has 0 amide bonds. The number of rotatable bonds is 6. The van der Waals surface area contributed by atoms with Crippen LogP contribution in [0.2, 0.25) is 0 Å². The van der Waals surface area contributed by atoms with E-state index >= 15 is 0 Å². The molecule has 0 unspecified atom stereocenters. The van der Waals surface area contributed by atoms with Gasteiger partial charge in [0.1, 0.15) is 0 Å². The van der Waals surface area contributed by atoms with Gasteiger partial charge in [-0.05, 0) is 0 Å². The van der Waals surface area contributed by atoms with Gasteiger partial charge in [-0.2, -0.15) is 0 Å². The summed E-state index contributed by atoms with van der Waals surface area (Å²) in [6, 6.07) is 41.6. The quantitative estimate of drug-likeness (QED) is 0.447. The van der Waals surface area contributed by atoms with Crippen molar-refractivity contribution >= 4 is 28.5 Å². The monoisotopic (exact) mass is 384 g/mol. The van der Waals surface area contributed by atoms with Gasteiger partial charge < -0.3 is 0 Å². The van der Waals surface area contributed by atoms with Crippen molar-refractivity contribution in [2.24, 2.45) is 0 Å². The molecular formula is C26H25OP. The van der Waals surface area contributed by atoms with Crippen molar-refractivity contribution in [2.75, 3.05) is 6.61 Å². The number of ether oxygens (including phenoxy) is 1. The molecule has 0 aliphatic carbocycles. The van der Waals surface area contributed by atoms with Crippen LogP contribution in [0.25, 0.3) is 0 Å². The summed E-state index contributed by atoms with van der Waals surface area (Å²) in [5.41, 5.74) is 0. The van der Waals surface area contributed by atoms with Crippen LogP contribution in [0.3, 0.4) is 0 Å². The van der Waals surface area contributed by atoms with Crippen LogP contribution in [0, 0.1) is 0 Å². The second kappa shape index (κ2) is 8.42. The summed E-state index contributed by atoms with van der Waals surface area (Å²) in [5, 5.41) is 5.52. The van der Waals surface area contributed by atoms with Crippen molar-refractivity contribution in [3.63, 3.8) is 0 Å². The molecule has 0 aromatic heterocycles. The van der Waals surface area contributed by atoms with Gasteiger partial charge in [0.25, 0.3) is 0 Å². The average molecular weight is 384 g/mol. The van der Waals surface area contributed by atoms with E-state index in [0.717, 1.165) is 5.75 Å². The van der Waals surface area contributed by atoms with Crippen LogP contribution in [-0.4, -0.2) is 6.61 Å². The summed E-state index contributed by atoms with van der Waals surface area (Å²) in [4.78, 5) is 0. The molecule has 0 heterocycles. The summed E-state index contributed by atoms with van der Waals surface area (Å²) >= 11 is 0. The van der Waals surface area contributed by atoms with Crippen LogP contribution in [-0.2, 0) is 0 Å². The molecule has 0 saturated carbocycles. The molecule has 0 radical (unpaired) electrons. The van der Waals surface area contributed by atoms with E-state index in [9.17, 15) is 0 Å². The molecule has 4 rings (SSSR count). The van der Waals surface area contributed by atoms with Crippen molar-refractivity contribution in [1.82, 2.24) is 0 Å². The zero-order valence-electron chi connectivity index (χ0n) is 16.1. The maximum atomic E-state index is 5.71. The molecule has 0 spiro atoms. The Morgan fingerprint density at radius 2 is 0.857 bits per heavy atom. The van der Waals surface area contributed by atoms with Crippen LogP contribution in [0.15, 0.2) is 115 Å². The maximum absolute atomic E-state index is 5.71. The fourth-order valence-corrected chi connectivity index (χ4v) is 8.78. The minimum atomic E-state index is -2.40. The SMILES string of the molecule is CCOc1ccc([PH](c2ccccc2)(c2ccccc2)c2ccccc2)cc1. The Kier molecular flexibility index (Phi) is 5.55. The average Bonchev–Trinajstić information content (AvgIpc) is 2.78. The van der Waals surface area contributed by atoms with Gasteiger partial charge in [0, 0.05) is 0 Å². The Morgan fingerprint density at radius 3 is 1.21 bits per heavy atom. The van der Waals surface area contributed by atoms with Crippen molar-refractivity contribution < 1.29 is 4.74 Å². The molecule has 4 aromatic rings. The van der Waals surface area contributed by atoms with Gasteiger partial charge in [0.2, 0.25) is 0 Å². The summed E-state index contributed by atoms with van der Waals surface area (Å²) < 4.78 is 5.71. The third kappa shape index (κ3) is 3.35. The van der Waals surface area contributed by atoms with Crippen LogP contribution in [0.1, 0.15) is 6.92 Å². The molecule has 0 aliphatic heterocycles. The van der Waals surface area contributed by atoms with Gasteiger partial charge >= 0.3 is 168 Å². The van der Waals surface area contributed by atoms with Gasteiger partial charge in [-0.15, -0.1) is 0 Å². The van der Waals surface area contributed by atoms with E-state index in [1.165, 1.54) is 21.2 Å². The molecule has 0 N–H and O–H groups in total. The molecule has 2 heteroatoms. The van der Waals surface area contributed by atoms with Crippen molar-refractivity contribution in [2.45, 2.75) is 6.92 Å². The molecule has 28 heavy (non-hydrogen) atoms. The second-order valence-corrected chi connectivity index (χ2v) is 10.6. The van der Waals surface area contributed by atoms with Crippen molar-refractivity contribution in [1.29, 1.82) is 0 Å². The van der Waals surface area contributed by atoms with Crippen molar-refractivity contribution in [3.05, 3.63) is 115 Å². The van der Waals surface area contributed by atoms with E-state index in [0.29, 0.717) is 6.61 Å². The number of benzene rings is 4. The van der Waals surface area contributed by atoms with Crippen LogP contribution in [0.4, 0.5) is 0 Å². The fourth-order valence-electron chi connectivity index (χ4n) is 4.03. The zero-order chi connectivity index (χ0) is 19.2. The minimum absolute atomic E-state index is 0.679. The Balaban J connectivity index is 2.04. The summed E-state index contributed by atoms with van der Waals surface area (Å²) in [6.45, 7) is 2.70. The summed E-state index contributed by atoms with van der Waals surface area (Å²) in [6.07, 6.45) is 0. The molecule has 0 atom stereocenters. The van der Waals surface area contributed by atoms with Gasteiger partial charge in [0.15, 0.2) is 0 Å². The number of hydrogen-bond donors (Lipinski definition) is 0. The Labute approximate surface area is 168 Å². The first-order valence-corrected chi connectivity index (χ1v) is 11.8. The van der Waals surface area contributed by atoms with Crippen LogP contribution < -0.4 is 26.0 Å². The normalized spacial score (nSPS) is 11.8. The molecule has 0 fully saturated rings. The molecule has 0 aliphatic rings. The third-order valence-corrected chi connectivity index (χ3v) is 10.0.